The predicted octanol–water partition coefficient (Wildman–Crippen LogP) is 1.96. The first-order valence-corrected chi connectivity index (χ1v) is 6.21. The number of carbonyl (C=O) groups excluding carboxylic acids is 1. The molecular weight excluding hydrogens is 284 g/mol. The Bertz CT molecular complexity index is 540. The summed E-state index contributed by atoms with van der Waals surface area (Å²) in [6.07, 6.45) is 0. The van der Waals surface area contributed by atoms with Crippen LogP contribution in [0.1, 0.15) is 20.8 Å². The lowest BCUT2D eigenvalue weighted by Crippen LogP contribution is -2.50. The maximum absolute atomic E-state index is 13.3. The van der Waals surface area contributed by atoms with E-state index in [4.69, 9.17) is 9.84 Å². The normalized spacial score (nSPS) is 12.6. The Morgan fingerprint density at radius 2 is 1.95 bits per heavy atom. The lowest BCUT2D eigenvalue weighted by atomic mass is 9.87. The Balaban J connectivity index is 2.63. The highest BCUT2D eigenvalue weighted by molar-refractivity contribution is 5.84. The lowest BCUT2D eigenvalue weighted by molar-refractivity contribution is -0.145. The summed E-state index contributed by atoms with van der Waals surface area (Å²) in [4.78, 5) is 22.8. The lowest BCUT2D eigenvalue weighted by Gasteiger charge is -2.27. The average Bonchev–Trinajstić information content (AvgIpc) is 2.33. The number of amides is 1. The summed E-state index contributed by atoms with van der Waals surface area (Å²) in [6, 6.07) is 1.57. The van der Waals surface area contributed by atoms with Crippen LogP contribution in [0.4, 0.5) is 8.78 Å². The maximum atomic E-state index is 13.3. The molecule has 0 aromatic heterocycles. The summed E-state index contributed by atoms with van der Waals surface area (Å²) in [5.74, 6) is -3.87. The number of carboxylic acids is 1. The summed E-state index contributed by atoms with van der Waals surface area (Å²) in [5, 5.41) is 11.4. The third kappa shape index (κ3) is 5.02. The SMILES string of the molecule is CC(C)(C)C(NC(=O)COc1ccc(F)cc1F)C(=O)O. The summed E-state index contributed by atoms with van der Waals surface area (Å²) < 4.78 is 30.9. The summed E-state index contributed by atoms with van der Waals surface area (Å²) in [6.45, 7) is 4.41. The molecule has 0 spiro atoms. The average molecular weight is 301 g/mol. The molecule has 0 aliphatic carbocycles. The van der Waals surface area contributed by atoms with E-state index < -0.39 is 41.6 Å². The largest absolute Gasteiger partial charge is 0.481 e. The molecule has 0 aliphatic rings. The Kier molecular flexibility index (Phi) is 5.23. The first-order valence-electron chi connectivity index (χ1n) is 6.21. The molecule has 116 valence electrons. The number of nitrogens with one attached hydrogen (secondary N) is 1. The number of rotatable bonds is 5. The number of aliphatic carboxylic acids is 1. The Hall–Kier alpha value is -2.18. The van der Waals surface area contributed by atoms with Gasteiger partial charge in [-0.1, -0.05) is 20.8 Å². The van der Waals surface area contributed by atoms with Crippen LogP contribution in [0.25, 0.3) is 0 Å². The second-order valence-corrected chi connectivity index (χ2v) is 5.57. The van der Waals surface area contributed by atoms with E-state index >= 15 is 0 Å². The van der Waals surface area contributed by atoms with Crippen molar-refractivity contribution in [2.75, 3.05) is 6.61 Å². The zero-order valence-electron chi connectivity index (χ0n) is 11.9. The molecule has 0 saturated heterocycles. The first-order chi connectivity index (χ1) is 9.61. The molecule has 5 nitrogen and oxygen atoms in total. The minimum atomic E-state index is -1.18. The van der Waals surface area contributed by atoms with Crippen molar-refractivity contribution in [3.63, 3.8) is 0 Å². The third-order valence-corrected chi connectivity index (χ3v) is 2.67. The molecule has 0 bridgehead atoms. The van der Waals surface area contributed by atoms with E-state index in [-0.39, 0.29) is 5.75 Å². The number of benzene rings is 1. The van der Waals surface area contributed by atoms with E-state index in [9.17, 15) is 18.4 Å². The van der Waals surface area contributed by atoms with Gasteiger partial charge in [0.1, 0.15) is 11.9 Å². The molecule has 1 aromatic carbocycles. The van der Waals surface area contributed by atoms with Gasteiger partial charge < -0.3 is 15.2 Å². The summed E-state index contributed by atoms with van der Waals surface area (Å²) >= 11 is 0. The summed E-state index contributed by atoms with van der Waals surface area (Å²) in [5.41, 5.74) is -0.692. The zero-order chi connectivity index (χ0) is 16.2. The van der Waals surface area contributed by atoms with Crippen molar-refractivity contribution in [3.8, 4) is 5.75 Å². The van der Waals surface area contributed by atoms with Crippen molar-refractivity contribution in [1.29, 1.82) is 0 Å². The molecular formula is C14H17F2NO4. The number of carbonyl (C=O) groups is 2. The first kappa shape index (κ1) is 16.9. The van der Waals surface area contributed by atoms with Gasteiger partial charge in [-0.25, -0.2) is 13.6 Å². The fourth-order valence-electron chi connectivity index (χ4n) is 1.59. The van der Waals surface area contributed by atoms with Crippen LogP contribution >= 0.6 is 0 Å². The fraction of sp³-hybridized carbons (Fsp3) is 0.429. The van der Waals surface area contributed by atoms with E-state index in [1.54, 1.807) is 20.8 Å². The molecule has 1 atom stereocenters. The van der Waals surface area contributed by atoms with Gasteiger partial charge in [-0.3, -0.25) is 4.79 Å². The van der Waals surface area contributed by atoms with Gasteiger partial charge >= 0.3 is 5.97 Å². The van der Waals surface area contributed by atoms with Crippen LogP contribution in [0.2, 0.25) is 0 Å². The van der Waals surface area contributed by atoms with Crippen LogP contribution in [0.15, 0.2) is 18.2 Å². The smallest absolute Gasteiger partial charge is 0.326 e. The van der Waals surface area contributed by atoms with E-state index in [1.807, 2.05) is 0 Å². The molecule has 0 heterocycles. The Morgan fingerprint density at radius 3 is 2.43 bits per heavy atom. The second kappa shape index (κ2) is 6.51. The molecule has 1 unspecified atom stereocenters. The van der Waals surface area contributed by atoms with Crippen molar-refractivity contribution in [1.82, 2.24) is 5.32 Å². The zero-order valence-corrected chi connectivity index (χ0v) is 11.9. The van der Waals surface area contributed by atoms with Crippen LogP contribution in [0.3, 0.4) is 0 Å². The van der Waals surface area contributed by atoms with Gasteiger partial charge in [0.25, 0.3) is 5.91 Å². The Morgan fingerprint density at radius 1 is 1.33 bits per heavy atom. The molecule has 7 heteroatoms. The number of halogens is 2. The second-order valence-electron chi connectivity index (χ2n) is 5.57. The summed E-state index contributed by atoms with van der Waals surface area (Å²) in [7, 11) is 0. The molecule has 0 fully saturated rings. The van der Waals surface area contributed by atoms with E-state index in [0.717, 1.165) is 12.1 Å². The molecule has 0 saturated carbocycles. The molecule has 1 rings (SSSR count). The predicted molar refractivity (Wildman–Crippen MR) is 70.9 cm³/mol. The van der Waals surface area contributed by atoms with Crippen molar-refractivity contribution in [2.24, 2.45) is 5.41 Å². The minimum Gasteiger partial charge on any atom is -0.481 e. The molecule has 1 aromatic rings. The van der Waals surface area contributed by atoms with Crippen LogP contribution < -0.4 is 10.1 Å². The van der Waals surface area contributed by atoms with E-state index in [1.165, 1.54) is 0 Å². The van der Waals surface area contributed by atoms with Gasteiger partial charge in [-0.05, 0) is 17.5 Å². The van der Waals surface area contributed by atoms with Gasteiger partial charge in [-0.15, -0.1) is 0 Å². The van der Waals surface area contributed by atoms with Gasteiger partial charge in [0, 0.05) is 6.07 Å². The van der Waals surface area contributed by atoms with Gasteiger partial charge in [-0.2, -0.15) is 0 Å². The topological polar surface area (TPSA) is 75.6 Å². The van der Waals surface area contributed by atoms with Crippen molar-refractivity contribution in [3.05, 3.63) is 29.8 Å². The molecule has 2 N–H and O–H groups in total. The molecule has 0 aliphatic heterocycles. The third-order valence-electron chi connectivity index (χ3n) is 2.67. The number of hydrogen-bond acceptors (Lipinski definition) is 3. The Labute approximate surface area is 120 Å². The number of hydrogen-bond donors (Lipinski definition) is 2. The molecule has 1 amide bonds. The standard InChI is InChI=1S/C14H17F2NO4/c1-14(2,3)12(13(19)20)17-11(18)7-21-10-5-4-8(15)6-9(10)16/h4-6,12H,7H2,1-3H3,(H,17,18)(H,19,20). The monoisotopic (exact) mass is 301 g/mol. The van der Waals surface area contributed by atoms with Gasteiger partial charge in [0.2, 0.25) is 0 Å². The highest BCUT2D eigenvalue weighted by Crippen LogP contribution is 2.20. The van der Waals surface area contributed by atoms with Crippen molar-refractivity contribution in [2.45, 2.75) is 26.8 Å². The fourth-order valence-corrected chi connectivity index (χ4v) is 1.59. The quantitative estimate of drug-likeness (QED) is 0.871. The highest BCUT2D eigenvalue weighted by Gasteiger charge is 2.32. The number of carboxylic acid groups (broad SMARTS) is 1. The van der Waals surface area contributed by atoms with Crippen LogP contribution in [0, 0.1) is 17.0 Å². The van der Waals surface area contributed by atoms with Crippen molar-refractivity contribution >= 4 is 11.9 Å². The van der Waals surface area contributed by atoms with E-state index in [2.05, 4.69) is 5.32 Å². The maximum Gasteiger partial charge on any atom is 0.326 e. The number of ether oxygens (including phenoxy) is 1. The van der Waals surface area contributed by atoms with Gasteiger partial charge in [0.15, 0.2) is 18.2 Å². The van der Waals surface area contributed by atoms with Crippen molar-refractivity contribution < 1.29 is 28.2 Å². The molecule has 0 radical (unpaired) electrons. The highest BCUT2D eigenvalue weighted by atomic mass is 19.1. The van der Waals surface area contributed by atoms with Gasteiger partial charge in [0.05, 0.1) is 0 Å². The van der Waals surface area contributed by atoms with Crippen LogP contribution in [-0.4, -0.2) is 29.6 Å². The molecule has 21 heavy (non-hydrogen) atoms. The van der Waals surface area contributed by atoms with E-state index in [0.29, 0.717) is 6.07 Å². The van der Waals surface area contributed by atoms with Crippen LogP contribution in [0.5, 0.6) is 5.75 Å². The van der Waals surface area contributed by atoms with Crippen LogP contribution in [-0.2, 0) is 9.59 Å². The minimum absolute atomic E-state index is 0.283.